The highest BCUT2D eigenvalue weighted by atomic mass is 35.5. The molecule has 0 atom stereocenters. The topological polar surface area (TPSA) is 72.7 Å². The summed E-state index contributed by atoms with van der Waals surface area (Å²) in [5.41, 5.74) is 2.70. The lowest BCUT2D eigenvalue weighted by Gasteiger charge is -2.07. The van der Waals surface area contributed by atoms with E-state index < -0.39 is 0 Å². The van der Waals surface area contributed by atoms with Gasteiger partial charge in [-0.1, -0.05) is 23.2 Å². The van der Waals surface area contributed by atoms with Crippen molar-refractivity contribution in [2.45, 2.75) is 20.8 Å². The molecule has 0 saturated heterocycles. The van der Waals surface area contributed by atoms with E-state index >= 15 is 0 Å². The predicted octanol–water partition coefficient (Wildman–Crippen LogP) is 4.21. The molecule has 6 nitrogen and oxygen atoms in total. The van der Waals surface area contributed by atoms with Crippen LogP contribution in [-0.4, -0.2) is 25.4 Å². The molecular weight excluding hydrogens is 369 g/mol. The largest absolute Gasteiger partial charge is 0.319 e. The Bertz CT molecular complexity index is 917. The molecule has 0 saturated carbocycles. The lowest BCUT2D eigenvalue weighted by atomic mass is 10.3. The molecule has 0 unspecified atom stereocenters. The highest BCUT2D eigenvalue weighted by molar-refractivity contribution is 7.20. The Balaban J connectivity index is 1.82. The summed E-state index contributed by atoms with van der Waals surface area (Å²) in [6, 6.07) is 1.53. The van der Waals surface area contributed by atoms with Crippen molar-refractivity contribution in [3.05, 3.63) is 49.9 Å². The van der Waals surface area contributed by atoms with E-state index in [0.717, 1.165) is 28.5 Å². The maximum atomic E-state index is 12.2. The van der Waals surface area contributed by atoms with Crippen LogP contribution in [0.4, 0.5) is 5.69 Å². The minimum atomic E-state index is -0.356. The molecule has 0 aliphatic heterocycles. The zero-order valence-corrected chi connectivity index (χ0v) is 15.4. The van der Waals surface area contributed by atoms with Crippen LogP contribution in [0.1, 0.15) is 27.6 Å². The first-order valence-electron chi connectivity index (χ1n) is 6.98. The van der Waals surface area contributed by atoms with Crippen molar-refractivity contribution in [1.82, 2.24) is 19.5 Å². The van der Waals surface area contributed by atoms with E-state index in [1.165, 1.54) is 18.5 Å². The maximum absolute atomic E-state index is 12.2. The summed E-state index contributed by atoms with van der Waals surface area (Å²) in [4.78, 5) is 25.2. The van der Waals surface area contributed by atoms with Gasteiger partial charge in [-0.15, -0.1) is 11.3 Å². The van der Waals surface area contributed by atoms with Crippen LogP contribution in [0.3, 0.4) is 0 Å². The third kappa shape index (κ3) is 3.15. The third-order valence-corrected chi connectivity index (χ3v) is 5.00. The summed E-state index contributed by atoms with van der Waals surface area (Å²) in [5.74, 6) is 0.951. The lowest BCUT2D eigenvalue weighted by Crippen LogP contribution is -2.13. The second-order valence-electron chi connectivity index (χ2n) is 5.13. The molecule has 3 rings (SSSR count). The normalized spacial score (nSPS) is 10.9. The first-order valence-corrected chi connectivity index (χ1v) is 8.55. The summed E-state index contributed by atoms with van der Waals surface area (Å²) < 4.78 is 2.66. The van der Waals surface area contributed by atoms with E-state index in [4.69, 9.17) is 23.2 Å². The Kier molecular flexibility index (Phi) is 4.58. The van der Waals surface area contributed by atoms with Gasteiger partial charge in [-0.3, -0.25) is 9.36 Å². The van der Waals surface area contributed by atoms with Crippen molar-refractivity contribution in [2.24, 2.45) is 0 Å². The van der Waals surface area contributed by atoms with Crippen LogP contribution in [0.25, 0.3) is 5.95 Å². The van der Waals surface area contributed by atoms with Crippen molar-refractivity contribution < 1.29 is 4.79 Å². The zero-order valence-electron chi connectivity index (χ0n) is 13.1. The number of halogens is 2. The van der Waals surface area contributed by atoms with Crippen LogP contribution in [0.15, 0.2) is 18.5 Å². The number of thiophene rings is 1. The Morgan fingerprint density at radius 1 is 1.21 bits per heavy atom. The molecular formula is C15H13Cl2N5OS. The van der Waals surface area contributed by atoms with Crippen molar-refractivity contribution in [2.75, 3.05) is 5.32 Å². The van der Waals surface area contributed by atoms with Crippen molar-refractivity contribution in [3.8, 4) is 5.95 Å². The molecule has 0 aliphatic rings. The first-order chi connectivity index (χ1) is 11.4. The average molecular weight is 382 g/mol. The average Bonchev–Trinajstić information content (AvgIpc) is 2.99. The minimum absolute atomic E-state index is 0.327. The number of aryl methyl sites for hydroxylation is 2. The molecule has 124 valence electrons. The molecule has 3 heterocycles. The van der Waals surface area contributed by atoms with Gasteiger partial charge in [-0.05, 0) is 26.8 Å². The van der Waals surface area contributed by atoms with Crippen LogP contribution >= 0.6 is 34.5 Å². The number of rotatable bonds is 3. The molecule has 0 spiro atoms. The molecule has 0 bridgehead atoms. The molecule has 3 aromatic rings. The van der Waals surface area contributed by atoms with E-state index in [-0.39, 0.29) is 5.91 Å². The maximum Gasteiger partial charge on any atom is 0.258 e. The number of imidazole rings is 1. The number of nitrogens with zero attached hydrogens (tertiary/aromatic N) is 4. The third-order valence-electron chi connectivity index (χ3n) is 3.51. The molecule has 24 heavy (non-hydrogen) atoms. The van der Waals surface area contributed by atoms with Gasteiger partial charge in [0.1, 0.15) is 10.2 Å². The fourth-order valence-electron chi connectivity index (χ4n) is 2.27. The summed E-state index contributed by atoms with van der Waals surface area (Å²) >= 11 is 13.0. The highest BCUT2D eigenvalue weighted by Crippen LogP contribution is 2.31. The fourth-order valence-corrected chi connectivity index (χ4v) is 3.73. The minimum Gasteiger partial charge on any atom is -0.319 e. The van der Waals surface area contributed by atoms with E-state index in [1.807, 2.05) is 25.3 Å². The zero-order chi connectivity index (χ0) is 17.4. The molecule has 1 amide bonds. The molecule has 0 fully saturated rings. The van der Waals surface area contributed by atoms with Gasteiger partial charge < -0.3 is 5.32 Å². The van der Waals surface area contributed by atoms with Crippen LogP contribution < -0.4 is 5.32 Å². The van der Waals surface area contributed by atoms with E-state index in [2.05, 4.69) is 20.3 Å². The number of nitrogens with one attached hydrogen (secondary N) is 1. The molecule has 0 radical (unpaired) electrons. The first kappa shape index (κ1) is 16.9. The van der Waals surface area contributed by atoms with Crippen LogP contribution in [-0.2, 0) is 0 Å². The van der Waals surface area contributed by atoms with Crippen LogP contribution in [0.2, 0.25) is 8.67 Å². The van der Waals surface area contributed by atoms with Crippen LogP contribution in [0.5, 0.6) is 0 Å². The van der Waals surface area contributed by atoms with Gasteiger partial charge in [0.05, 0.1) is 33.7 Å². The van der Waals surface area contributed by atoms with Gasteiger partial charge in [-0.25, -0.2) is 15.0 Å². The summed E-state index contributed by atoms with van der Waals surface area (Å²) in [5, 5.41) is 2.70. The second-order valence-corrected chi connectivity index (χ2v) is 7.41. The number of hydrogen-bond acceptors (Lipinski definition) is 5. The number of anilines is 1. The quantitative estimate of drug-likeness (QED) is 0.737. The smallest absolute Gasteiger partial charge is 0.258 e. The number of hydrogen-bond donors (Lipinski definition) is 1. The highest BCUT2D eigenvalue weighted by Gasteiger charge is 2.15. The Labute approximate surface area is 152 Å². The lowest BCUT2D eigenvalue weighted by molar-refractivity contribution is 0.102. The van der Waals surface area contributed by atoms with Gasteiger partial charge in [-0.2, -0.15) is 0 Å². The van der Waals surface area contributed by atoms with Crippen molar-refractivity contribution in [3.63, 3.8) is 0 Å². The number of carbonyl (C=O) groups is 1. The van der Waals surface area contributed by atoms with E-state index in [0.29, 0.717) is 25.9 Å². The van der Waals surface area contributed by atoms with Crippen LogP contribution in [0, 0.1) is 20.8 Å². The van der Waals surface area contributed by atoms with Gasteiger partial charge in [0.2, 0.25) is 5.95 Å². The SMILES string of the molecule is Cc1nc(C)n(-c2ncc(NC(=O)c3cc(Cl)sc3Cl)cn2)c1C. The van der Waals surface area contributed by atoms with Gasteiger partial charge in [0, 0.05) is 5.69 Å². The molecule has 0 aromatic carbocycles. The standard InChI is InChI=1S/C15H13Cl2N5OS/c1-7-8(2)22(9(3)20-7)15-18-5-10(6-19-15)21-14(23)11-4-12(16)24-13(11)17/h4-6H,1-3H3,(H,21,23). The molecule has 3 aromatic heterocycles. The summed E-state index contributed by atoms with van der Waals surface area (Å²) in [6.45, 7) is 5.78. The number of carbonyl (C=O) groups excluding carboxylic acids is 1. The molecule has 0 aliphatic carbocycles. The number of amides is 1. The van der Waals surface area contributed by atoms with Gasteiger partial charge in [0.25, 0.3) is 5.91 Å². The monoisotopic (exact) mass is 381 g/mol. The van der Waals surface area contributed by atoms with Crippen molar-refractivity contribution in [1.29, 1.82) is 0 Å². The molecule has 9 heteroatoms. The summed E-state index contributed by atoms with van der Waals surface area (Å²) in [7, 11) is 0. The Hall–Kier alpha value is -1.96. The Morgan fingerprint density at radius 2 is 1.88 bits per heavy atom. The summed E-state index contributed by atoms with van der Waals surface area (Å²) in [6.07, 6.45) is 3.08. The predicted molar refractivity (Wildman–Crippen MR) is 95.7 cm³/mol. The van der Waals surface area contributed by atoms with E-state index in [1.54, 1.807) is 0 Å². The van der Waals surface area contributed by atoms with Crippen molar-refractivity contribution >= 4 is 46.1 Å². The van der Waals surface area contributed by atoms with Gasteiger partial charge >= 0.3 is 0 Å². The fraction of sp³-hybridized carbons (Fsp3) is 0.200. The van der Waals surface area contributed by atoms with Gasteiger partial charge in [0.15, 0.2) is 0 Å². The van der Waals surface area contributed by atoms with E-state index in [9.17, 15) is 4.79 Å². The second kappa shape index (κ2) is 6.51. The molecule has 1 N–H and O–H groups in total. The Morgan fingerprint density at radius 3 is 2.38 bits per heavy atom. The number of aromatic nitrogens is 4.